The highest BCUT2D eigenvalue weighted by molar-refractivity contribution is 7.92. The molecule has 1 amide bonds. The van der Waals surface area contributed by atoms with E-state index in [2.05, 4.69) is 10.0 Å². The molecule has 3 rings (SSSR count). The zero-order chi connectivity index (χ0) is 17.2. The third-order valence-electron chi connectivity index (χ3n) is 4.69. The number of nitrogens with one attached hydrogen (secondary N) is 2. The van der Waals surface area contributed by atoms with Crippen molar-refractivity contribution in [2.24, 2.45) is 0 Å². The summed E-state index contributed by atoms with van der Waals surface area (Å²) in [7, 11) is -3.30. The van der Waals surface area contributed by atoms with Crippen LogP contribution < -0.4 is 10.0 Å². The number of nitrogens with zero attached hydrogens (tertiary/aromatic N) is 1. The maximum Gasteiger partial charge on any atom is 0.253 e. The van der Waals surface area contributed by atoms with Crippen molar-refractivity contribution in [3.05, 3.63) is 29.8 Å². The first-order valence-electron chi connectivity index (χ1n) is 8.63. The van der Waals surface area contributed by atoms with Gasteiger partial charge in [-0.3, -0.25) is 9.52 Å². The minimum atomic E-state index is -3.30. The average molecular weight is 388 g/mol. The average Bonchev–Trinajstić information content (AvgIpc) is 2.86. The van der Waals surface area contributed by atoms with Gasteiger partial charge in [0, 0.05) is 36.4 Å². The molecule has 8 heteroatoms. The summed E-state index contributed by atoms with van der Waals surface area (Å²) >= 11 is 0. The maximum absolute atomic E-state index is 12.7. The van der Waals surface area contributed by atoms with Gasteiger partial charge < -0.3 is 10.2 Å². The van der Waals surface area contributed by atoms with E-state index in [1.807, 2.05) is 11.8 Å². The predicted octanol–water partition coefficient (Wildman–Crippen LogP) is 2.23. The molecule has 6 nitrogen and oxygen atoms in total. The Morgan fingerprint density at radius 3 is 2.56 bits per heavy atom. The van der Waals surface area contributed by atoms with Gasteiger partial charge in [-0.2, -0.15) is 0 Å². The quantitative estimate of drug-likeness (QED) is 0.812. The van der Waals surface area contributed by atoms with Crippen LogP contribution in [0.4, 0.5) is 5.69 Å². The SMILES string of the molecule is CCCS(=O)(=O)Nc1ccc(C(=O)N2CCC3CCC(C2)N3)cc1.Cl. The second-order valence-electron chi connectivity index (χ2n) is 6.68. The van der Waals surface area contributed by atoms with Gasteiger partial charge in [-0.1, -0.05) is 6.92 Å². The Kier molecular flexibility index (Phi) is 6.71. The summed E-state index contributed by atoms with van der Waals surface area (Å²) in [5.74, 6) is 0.115. The first-order valence-corrected chi connectivity index (χ1v) is 10.3. The standard InChI is InChI=1S/C17H25N3O3S.ClH/c1-2-11-24(22,23)19-15-5-3-13(4-6-15)17(21)20-10-9-14-7-8-16(12-20)18-14;/h3-6,14,16,18-19H,2,7-12H2,1H3;1H. The Labute approximate surface area is 155 Å². The van der Waals surface area contributed by atoms with E-state index < -0.39 is 10.0 Å². The number of halogens is 1. The third kappa shape index (κ3) is 5.09. The zero-order valence-electron chi connectivity index (χ0n) is 14.4. The number of likely N-dealkylation sites (tertiary alicyclic amines) is 1. The van der Waals surface area contributed by atoms with E-state index in [0.29, 0.717) is 29.8 Å². The van der Waals surface area contributed by atoms with Gasteiger partial charge in [-0.05, 0) is 49.9 Å². The molecule has 140 valence electrons. The molecule has 0 aromatic heterocycles. The van der Waals surface area contributed by atoms with Crippen LogP contribution in [0, 0.1) is 0 Å². The first-order chi connectivity index (χ1) is 11.5. The highest BCUT2D eigenvalue weighted by Gasteiger charge is 2.31. The predicted molar refractivity (Wildman–Crippen MR) is 102 cm³/mol. The van der Waals surface area contributed by atoms with E-state index in [0.717, 1.165) is 25.9 Å². The molecule has 0 aliphatic carbocycles. The minimum Gasteiger partial charge on any atom is -0.337 e. The Morgan fingerprint density at radius 1 is 1.20 bits per heavy atom. The molecule has 2 N–H and O–H groups in total. The van der Waals surface area contributed by atoms with E-state index >= 15 is 0 Å². The van der Waals surface area contributed by atoms with Gasteiger partial charge in [0.25, 0.3) is 5.91 Å². The summed E-state index contributed by atoms with van der Waals surface area (Å²) in [6.45, 7) is 3.35. The van der Waals surface area contributed by atoms with Gasteiger partial charge in [-0.25, -0.2) is 8.42 Å². The molecule has 0 radical (unpaired) electrons. The molecule has 0 saturated carbocycles. The van der Waals surface area contributed by atoms with Crippen molar-refractivity contribution >= 4 is 34.0 Å². The van der Waals surface area contributed by atoms with E-state index in [4.69, 9.17) is 0 Å². The molecule has 1 aromatic carbocycles. The largest absolute Gasteiger partial charge is 0.337 e. The van der Waals surface area contributed by atoms with E-state index in [1.54, 1.807) is 24.3 Å². The van der Waals surface area contributed by atoms with Crippen molar-refractivity contribution in [1.29, 1.82) is 0 Å². The van der Waals surface area contributed by atoms with Gasteiger partial charge in [0.05, 0.1) is 5.75 Å². The highest BCUT2D eigenvalue weighted by Crippen LogP contribution is 2.22. The number of sulfonamides is 1. The van der Waals surface area contributed by atoms with Crippen molar-refractivity contribution in [2.45, 2.75) is 44.7 Å². The lowest BCUT2D eigenvalue weighted by atomic mass is 10.1. The van der Waals surface area contributed by atoms with Crippen molar-refractivity contribution in [3.63, 3.8) is 0 Å². The van der Waals surface area contributed by atoms with E-state index in [1.165, 1.54) is 6.42 Å². The Hall–Kier alpha value is -1.31. The topological polar surface area (TPSA) is 78.5 Å². The van der Waals surface area contributed by atoms with Gasteiger partial charge in [0.15, 0.2) is 0 Å². The van der Waals surface area contributed by atoms with Crippen LogP contribution in [-0.4, -0.2) is 50.2 Å². The van der Waals surface area contributed by atoms with E-state index in [-0.39, 0.29) is 24.1 Å². The molecule has 2 bridgehead atoms. The lowest BCUT2D eigenvalue weighted by Gasteiger charge is -2.24. The number of hydrogen-bond acceptors (Lipinski definition) is 4. The molecule has 2 heterocycles. The molecule has 2 unspecified atom stereocenters. The van der Waals surface area contributed by atoms with Crippen molar-refractivity contribution in [2.75, 3.05) is 23.6 Å². The number of fused-ring (bicyclic) bond motifs is 2. The normalized spacial score (nSPS) is 22.8. The van der Waals surface area contributed by atoms with Crippen LogP contribution in [0.25, 0.3) is 0 Å². The summed E-state index contributed by atoms with van der Waals surface area (Å²) in [6, 6.07) is 7.65. The van der Waals surface area contributed by atoms with Crippen molar-refractivity contribution < 1.29 is 13.2 Å². The fourth-order valence-corrected chi connectivity index (χ4v) is 4.62. The van der Waals surface area contributed by atoms with Gasteiger partial charge >= 0.3 is 0 Å². The molecule has 2 saturated heterocycles. The second-order valence-corrected chi connectivity index (χ2v) is 8.52. The Bertz CT molecular complexity index is 694. The number of benzene rings is 1. The number of hydrogen-bond donors (Lipinski definition) is 2. The molecule has 25 heavy (non-hydrogen) atoms. The van der Waals surface area contributed by atoms with Gasteiger partial charge in [0.1, 0.15) is 0 Å². The van der Waals surface area contributed by atoms with Gasteiger partial charge in [0.2, 0.25) is 10.0 Å². The molecule has 0 spiro atoms. The molecule has 2 aliphatic rings. The maximum atomic E-state index is 12.7. The van der Waals surface area contributed by atoms with Crippen LogP contribution >= 0.6 is 12.4 Å². The zero-order valence-corrected chi connectivity index (χ0v) is 16.0. The van der Waals surface area contributed by atoms with Crippen LogP contribution in [0.2, 0.25) is 0 Å². The molecular weight excluding hydrogens is 362 g/mol. The summed E-state index contributed by atoms with van der Waals surface area (Å²) in [6.07, 6.45) is 3.90. The lowest BCUT2D eigenvalue weighted by molar-refractivity contribution is 0.0748. The van der Waals surface area contributed by atoms with Gasteiger partial charge in [-0.15, -0.1) is 12.4 Å². The smallest absolute Gasteiger partial charge is 0.253 e. The van der Waals surface area contributed by atoms with Crippen LogP contribution in [0.1, 0.15) is 43.0 Å². The number of carbonyl (C=O) groups excluding carboxylic acids is 1. The summed E-state index contributed by atoms with van der Waals surface area (Å²) in [5, 5.41) is 3.57. The van der Waals surface area contributed by atoms with E-state index in [9.17, 15) is 13.2 Å². The third-order valence-corrected chi connectivity index (χ3v) is 6.18. The Morgan fingerprint density at radius 2 is 1.88 bits per heavy atom. The fraction of sp³-hybridized carbons (Fsp3) is 0.588. The molecule has 2 atom stereocenters. The highest BCUT2D eigenvalue weighted by atomic mass is 35.5. The Balaban J connectivity index is 0.00000225. The lowest BCUT2D eigenvalue weighted by Crippen LogP contribution is -2.39. The summed E-state index contributed by atoms with van der Waals surface area (Å²) in [5.41, 5.74) is 1.10. The number of rotatable bonds is 5. The van der Waals surface area contributed by atoms with Crippen molar-refractivity contribution in [1.82, 2.24) is 10.2 Å². The molecule has 1 aromatic rings. The van der Waals surface area contributed by atoms with Crippen LogP contribution in [0.15, 0.2) is 24.3 Å². The van der Waals surface area contributed by atoms with Crippen LogP contribution in [0.5, 0.6) is 0 Å². The van der Waals surface area contributed by atoms with Crippen LogP contribution in [-0.2, 0) is 10.0 Å². The molecule has 2 aliphatic heterocycles. The summed E-state index contributed by atoms with van der Waals surface area (Å²) in [4.78, 5) is 14.6. The second kappa shape index (κ2) is 8.38. The first kappa shape index (κ1) is 20.0. The fourth-order valence-electron chi connectivity index (χ4n) is 3.49. The minimum absolute atomic E-state index is 0. The number of anilines is 1. The van der Waals surface area contributed by atoms with Crippen molar-refractivity contribution in [3.8, 4) is 0 Å². The monoisotopic (exact) mass is 387 g/mol. The molecule has 2 fully saturated rings. The summed E-state index contributed by atoms with van der Waals surface area (Å²) < 4.78 is 26.1. The number of carbonyl (C=O) groups is 1. The molecular formula is C17H26ClN3O3S. The number of amides is 1. The van der Waals surface area contributed by atoms with Crippen LogP contribution in [0.3, 0.4) is 0 Å².